The third-order valence-corrected chi connectivity index (χ3v) is 5.79. The fourth-order valence-corrected chi connectivity index (χ4v) is 4.10. The lowest BCUT2D eigenvalue weighted by molar-refractivity contribution is -0.153. The van der Waals surface area contributed by atoms with Gasteiger partial charge in [-0.05, 0) is 28.8 Å². The number of amides is 2. The number of halogens is 1. The second-order valence-corrected chi connectivity index (χ2v) is 7.53. The zero-order chi connectivity index (χ0) is 21.1. The quantitative estimate of drug-likeness (QED) is 0.814. The number of aliphatic hydroxyl groups is 1. The Labute approximate surface area is 170 Å². The van der Waals surface area contributed by atoms with Crippen LogP contribution in [0.1, 0.15) is 31.7 Å². The van der Waals surface area contributed by atoms with Crippen molar-refractivity contribution in [2.75, 3.05) is 20.2 Å². The fourth-order valence-electron chi connectivity index (χ4n) is 4.10. The molecule has 1 aliphatic heterocycles. The summed E-state index contributed by atoms with van der Waals surface area (Å²) in [5.74, 6) is -0.416. The van der Waals surface area contributed by atoms with Crippen molar-refractivity contribution in [3.63, 3.8) is 0 Å². The average Bonchev–Trinajstić information content (AvgIpc) is 2.71. The molecule has 1 aliphatic rings. The molecule has 2 amide bonds. The lowest BCUT2D eigenvalue weighted by Gasteiger charge is -2.55. The number of rotatable bonds is 6. The Balaban J connectivity index is 1.88. The van der Waals surface area contributed by atoms with Gasteiger partial charge in [0.05, 0.1) is 18.7 Å². The van der Waals surface area contributed by atoms with E-state index in [4.69, 9.17) is 0 Å². The van der Waals surface area contributed by atoms with Gasteiger partial charge in [-0.2, -0.15) is 0 Å². The maximum Gasteiger partial charge on any atom is 0.222 e. The normalized spacial score (nSPS) is 20.9. The van der Waals surface area contributed by atoms with Crippen molar-refractivity contribution in [3.05, 3.63) is 59.9 Å². The molecule has 2 aromatic carbocycles. The number of carbonyl (C=O) groups excluding carboxylic acids is 2. The fraction of sp³-hybridized carbons (Fsp3) is 0.391. The molecule has 0 aliphatic carbocycles. The Kier molecular flexibility index (Phi) is 6.33. The molecule has 5 nitrogen and oxygen atoms in total. The number of hydrogen-bond acceptors (Lipinski definition) is 3. The number of nitrogens with zero attached hydrogens (tertiary/aromatic N) is 2. The van der Waals surface area contributed by atoms with E-state index < -0.39 is 0 Å². The molecule has 0 radical (unpaired) electrons. The van der Waals surface area contributed by atoms with Gasteiger partial charge < -0.3 is 14.9 Å². The van der Waals surface area contributed by atoms with Crippen LogP contribution in [0.3, 0.4) is 0 Å². The molecule has 0 bridgehead atoms. The number of likely N-dealkylation sites (N-methyl/N-ethyl adjacent to an activating group) is 1. The van der Waals surface area contributed by atoms with Crippen LogP contribution >= 0.6 is 0 Å². The van der Waals surface area contributed by atoms with Crippen LogP contribution in [0, 0.1) is 5.82 Å². The van der Waals surface area contributed by atoms with Crippen LogP contribution in [0.4, 0.5) is 4.39 Å². The highest BCUT2D eigenvalue weighted by Crippen LogP contribution is 2.42. The lowest BCUT2D eigenvalue weighted by Crippen LogP contribution is -2.68. The van der Waals surface area contributed by atoms with Crippen molar-refractivity contribution in [1.82, 2.24) is 9.80 Å². The summed E-state index contributed by atoms with van der Waals surface area (Å²) >= 11 is 0. The van der Waals surface area contributed by atoms with E-state index in [2.05, 4.69) is 0 Å². The lowest BCUT2D eigenvalue weighted by atomic mass is 9.74. The molecule has 0 unspecified atom stereocenters. The first-order valence-electron chi connectivity index (χ1n) is 9.87. The molecule has 6 heteroatoms. The van der Waals surface area contributed by atoms with Crippen LogP contribution in [0.25, 0.3) is 11.1 Å². The van der Waals surface area contributed by atoms with Gasteiger partial charge in [-0.3, -0.25) is 9.59 Å². The first kappa shape index (κ1) is 21.0. The first-order valence-corrected chi connectivity index (χ1v) is 9.87. The highest BCUT2D eigenvalue weighted by atomic mass is 19.1. The summed E-state index contributed by atoms with van der Waals surface area (Å²) in [4.78, 5) is 27.5. The Bertz CT molecular complexity index is 867. The number of benzene rings is 2. The van der Waals surface area contributed by atoms with Gasteiger partial charge in [-0.15, -0.1) is 0 Å². The minimum absolute atomic E-state index is 0.0230. The molecule has 3 atom stereocenters. The molecule has 0 spiro atoms. The van der Waals surface area contributed by atoms with E-state index in [1.807, 2.05) is 24.3 Å². The van der Waals surface area contributed by atoms with Crippen LogP contribution in [-0.2, 0) is 9.59 Å². The molecule has 1 heterocycles. The molecule has 0 saturated carbocycles. The van der Waals surface area contributed by atoms with E-state index in [-0.39, 0.29) is 42.2 Å². The van der Waals surface area contributed by atoms with Gasteiger partial charge in [0.15, 0.2) is 0 Å². The van der Waals surface area contributed by atoms with Gasteiger partial charge in [-0.25, -0.2) is 4.39 Å². The summed E-state index contributed by atoms with van der Waals surface area (Å²) in [7, 11) is 1.72. The molecule has 2 aromatic rings. The first-order chi connectivity index (χ1) is 13.9. The van der Waals surface area contributed by atoms with Crippen molar-refractivity contribution in [1.29, 1.82) is 0 Å². The summed E-state index contributed by atoms with van der Waals surface area (Å²) in [5.41, 5.74) is 2.89. The van der Waals surface area contributed by atoms with Crippen molar-refractivity contribution in [2.24, 2.45) is 0 Å². The van der Waals surface area contributed by atoms with E-state index in [0.29, 0.717) is 13.0 Å². The molecule has 1 fully saturated rings. The number of aliphatic hydroxyl groups excluding tert-OH is 1. The predicted octanol–water partition coefficient (Wildman–Crippen LogP) is 3.04. The monoisotopic (exact) mass is 398 g/mol. The van der Waals surface area contributed by atoms with Gasteiger partial charge in [0, 0.05) is 32.9 Å². The van der Waals surface area contributed by atoms with Crippen LogP contribution in [-0.4, -0.2) is 59.0 Å². The van der Waals surface area contributed by atoms with Crippen molar-refractivity contribution in [2.45, 2.75) is 38.3 Å². The second-order valence-electron chi connectivity index (χ2n) is 7.53. The van der Waals surface area contributed by atoms with Gasteiger partial charge in [0.2, 0.25) is 11.8 Å². The van der Waals surface area contributed by atoms with Crippen LogP contribution in [0.5, 0.6) is 0 Å². The molecule has 154 valence electrons. The largest absolute Gasteiger partial charge is 0.394 e. The molecule has 0 aromatic heterocycles. The molecular formula is C23H27FN2O3. The second kappa shape index (κ2) is 8.74. The summed E-state index contributed by atoms with van der Waals surface area (Å²) in [6, 6.07) is 13.8. The zero-order valence-corrected chi connectivity index (χ0v) is 17.0. The molecule has 1 saturated heterocycles. The van der Waals surface area contributed by atoms with Gasteiger partial charge in [-0.1, -0.05) is 43.3 Å². The van der Waals surface area contributed by atoms with E-state index in [1.54, 1.807) is 35.9 Å². The highest BCUT2D eigenvalue weighted by Gasteiger charge is 2.50. The SMILES string of the molecule is CCC(=O)N1[C@H](CN(C)C(C)=O)[C@H](c2ccc(-c3ccc(F)cc3)cc2)[C@@H]1CO. The maximum absolute atomic E-state index is 13.2. The number of carbonyl (C=O) groups is 2. The minimum atomic E-state index is -0.301. The summed E-state index contributed by atoms with van der Waals surface area (Å²) in [5, 5.41) is 9.94. The van der Waals surface area contributed by atoms with E-state index >= 15 is 0 Å². The Morgan fingerprint density at radius 2 is 1.59 bits per heavy atom. The molecular weight excluding hydrogens is 371 g/mol. The summed E-state index contributed by atoms with van der Waals surface area (Å²) in [6.45, 7) is 3.59. The van der Waals surface area contributed by atoms with Crippen molar-refractivity contribution in [3.8, 4) is 11.1 Å². The molecule has 3 rings (SSSR count). The van der Waals surface area contributed by atoms with Gasteiger partial charge in [0.25, 0.3) is 0 Å². The number of likely N-dealkylation sites (tertiary alicyclic amines) is 1. The van der Waals surface area contributed by atoms with E-state index in [9.17, 15) is 19.1 Å². The summed E-state index contributed by atoms with van der Waals surface area (Å²) < 4.78 is 13.2. The minimum Gasteiger partial charge on any atom is -0.394 e. The average molecular weight is 398 g/mol. The summed E-state index contributed by atoms with van der Waals surface area (Å²) in [6.07, 6.45) is 0.354. The Hall–Kier alpha value is -2.73. The third-order valence-electron chi connectivity index (χ3n) is 5.79. The van der Waals surface area contributed by atoms with Crippen molar-refractivity contribution < 1.29 is 19.1 Å². The van der Waals surface area contributed by atoms with Crippen LogP contribution in [0.15, 0.2) is 48.5 Å². The Morgan fingerprint density at radius 1 is 1.03 bits per heavy atom. The van der Waals surface area contributed by atoms with E-state index in [1.165, 1.54) is 19.1 Å². The molecule has 29 heavy (non-hydrogen) atoms. The maximum atomic E-state index is 13.2. The van der Waals surface area contributed by atoms with Crippen molar-refractivity contribution >= 4 is 11.8 Å². The van der Waals surface area contributed by atoms with Gasteiger partial charge >= 0.3 is 0 Å². The third kappa shape index (κ3) is 4.17. The highest BCUT2D eigenvalue weighted by molar-refractivity contribution is 5.79. The Morgan fingerprint density at radius 3 is 2.07 bits per heavy atom. The topological polar surface area (TPSA) is 60.9 Å². The standard InChI is InChI=1S/C23H27FN2O3/c1-4-22(29)26-20(13-25(3)15(2)28)23(21(26)14-27)18-7-5-16(6-8-18)17-9-11-19(24)12-10-17/h5-12,20-21,23,27H,4,13-14H2,1-3H3/t20-,21+,23+/m1/s1. The van der Waals surface area contributed by atoms with E-state index in [0.717, 1.165) is 16.7 Å². The zero-order valence-electron chi connectivity index (χ0n) is 17.0. The number of hydrogen-bond donors (Lipinski definition) is 1. The van der Waals surface area contributed by atoms with Crippen LogP contribution in [0.2, 0.25) is 0 Å². The van der Waals surface area contributed by atoms with Gasteiger partial charge in [0.1, 0.15) is 5.82 Å². The predicted molar refractivity (Wildman–Crippen MR) is 110 cm³/mol. The smallest absolute Gasteiger partial charge is 0.222 e. The van der Waals surface area contributed by atoms with Crippen LogP contribution < -0.4 is 0 Å². The molecule has 1 N–H and O–H groups in total.